The van der Waals surface area contributed by atoms with Crippen molar-refractivity contribution >= 4 is 34.4 Å². The number of hydrogen-bond donors (Lipinski definition) is 3. The minimum Gasteiger partial charge on any atom is -0.368 e. The summed E-state index contributed by atoms with van der Waals surface area (Å²) >= 11 is 0. The number of nitrogen functional groups attached to an aromatic ring is 1. The van der Waals surface area contributed by atoms with Gasteiger partial charge in [-0.15, -0.1) is 0 Å². The molecule has 0 aliphatic carbocycles. The van der Waals surface area contributed by atoms with E-state index >= 15 is 0 Å². The van der Waals surface area contributed by atoms with Crippen LogP contribution in [0.1, 0.15) is 23.6 Å². The predicted molar refractivity (Wildman–Crippen MR) is 152 cm³/mol. The van der Waals surface area contributed by atoms with E-state index < -0.39 is 17.8 Å². The van der Waals surface area contributed by atoms with Crippen LogP contribution in [0.3, 0.4) is 0 Å². The fourth-order valence-corrected chi connectivity index (χ4v) is 5.03. The number of halogens is 3. The van der Waals surface area contributed by atoms with Crippen molar-refractivity contribution in [2.75, 3.05) is 49.6 Å². The summed E-state index contributed by atoms with van der Waals surface area (Å²) in [6.07, 6.45) is -2.17. The topological polar surface area (TPSA) is 117 Å². The maximum atomic E-state index is 13.9. The van der Waals surface area contributed by atoms with Gasteiger partial charge in [0.15, 0.2) is 5.82 Å². The molecule has 3 heterocycles. The largest absolute Gasteiger partial charge is 0.416 e. The minimum absolute atomic E-state index is 0.0366. The average Bonchev–Trinajstić information content (AvgIpc) is 3.29. The zero-order valence-corrected chi connectivity index (χ0v) is 23.1. The molecule has 0 bridgehead atoms. The Bertz CT molecular complexity index is 1580. The lowest BCUT2D eigenvalue weighted by Gasteiger charge is -2.33. The molecule has 0 spiro atoms. The fourth-order valence-electron chi connectivity index (χ4n) is 5.03. The van der Waals surface area contributed by atoms with Crippen LogP contribution in [0.25, 0.3) is 22.2 Å². The van der Waals surface area contributed by atoms with E-state index in [1.165, 1.54) is 12.1 Å². The molecule has 13 heteroatoms. The zero-order chi connectivity index (χ0) is 29.3. The summed E-state index contributed by atoms with van der Waals surface area (Å²) in [6.45, 7) is 5.22. The number of aromatic nitrogens is 4. The SMILES string of the molecule is CCc1cc(-c2cc(NC(=O)Nc3ccc(CN4CCN(C)CC4)c(C(F)(F)F)c3)nn2C)cc2cnc(N)nc12. The summed E-state index contributed by atoms with van der Waals surface area (Å²) in [6, 6.07) is 8.78. The molecule has 0 unspecified atom stereocenters. The second-order valence-electron chi connectivity index (χ2n) is 10.2. The number of nitrogens with zero attached hydrogens (tertiary/aromatic N) is 6. The molecule has 0 radical (unpaired) electrons. The van der Waals surface area contributed by atoms with Crippen LogP contribution >= 0.6 is 0 Å². The Hall–Kier alpha value is -4.23. The summed E-state index contributed by atoms with van der Waals surface area (Å²) in [4.78, 5) is 25.3. The molecule has 10 nitrogen and oxygen atoms in total. The number of amides is 2. The van der Waals surface area contributed by atoms with Crippen LogP contribution in [0, 0.1) is 0 Å². The van der Waals surface area contributed by atoms with Crippen LogP contribution in [0.4, 0.5) is 35.4 Å². The highest BCUT2D eigenvalue weighted by atomic mass is 19.4. The van der Waals surface area contributed by atoms with Crippen molar-refractivity contribution in [1.29, 1.82) is 0 Å². The number of rotatable bonds is 6. The van der Waals surface area contributed by atoms with Crippen LogP contribution in [-0.4, -0.2) is 68.8 Å². The number of hydrogen-bond acceptors (Lipinski definition) is 7. The number of carbonyl (C=O) groups excluding carboxylic acids is 1. The van der Waals surface area contributed by atoms with Gasteiger partial charge < -0.3 is 16.0 Å². The predicted octanol–water partition coefficient (Wildman–Crippen LogP) is 4.59. The molecule has 2 aromatic heterocycles. The molecule has 5 rings (SSSR count). The maximum Gasteiger partial charge on any atom is 0.416 e. The summed E-state index contributed by atoms with van der Waals surface area (Å²) in [5, 5.41) is 10.3. The highest BCUT2D eigenvalue weighted by molar-refractivity contribution is 5.99. The number of aryl methyl sites for hydroxylation is 2. The summed E-state index contributed by atoms with van der Waals surface area (Å²) in [7, 11) is 3.73. The molecule has 2 amide bonds. The first-order chi connectivity index (χ1) is 19.5. The first-order valence-corrected chi connectivity index (χ1v) is 13.3. The molecule has 2 aromatic carbocycles. The molecule has 1 fully saturated rings. The van der Waals surface area contributed by atoms with Crippen molar-refractivity contribution in [2.24, 2.45) is 7.05 Å². The van der Waals surface area contributed by atoms with Gasteiger partial charge in [0.05, 0.1) is 16.8 Å². The molecule has 1 aliphatic rings. The Morgan fingerprint density at radius 3 is 2.49 bits per heavy atom. The van der Waals surface area contributed by atoms with Crippen LogP contribution in [0.5, 0.6) is 0 Å². The Labute approximate surface area is 235 Å². The van der Waals surface area contributed by atoms with Gasteiger partial charge in [0.2, 0.25) is 5.95 Å². The normalized spacial score (nSPS) is 14.9. The third-order valence-corrected chi connectivity index (χ3v) is 7.24. The molecule has 4 N–H and O–H groups in total. The number of fused-ring (bicyclic) bond motifs is 1. The van der Waals surface area contributed by atoms with Crippen molar-refractivity contribution < 1.29 is 18.0 Å². The molecule has 4 aromatic rings. The standard InChI is InChI=1S/C28H32F3N9O/c1-4-17-11-19(12-20-15-33-26(32)36-25(17)20)23-14-24(37-39(23)3)35-27(41)34-21-6-5-18(22(13-21)28(29,30)31)16-40-9-7-38(2)8-10-40/h5-6,11-15H,4,7-10,16H2,1-3H3,(H2,32,33,36)(H2,34,35,37,41). The minimum atomic E-state index is -4.56. The molecular weight excluding hydrogens is 535 g/mol. The van der Waals surface area contributed by atoms with Gasteiger partial charge in [-0.3, -0.25) is 14.9 Å². The molecular formula is C28H32F3N9O. The number of alkyl halides is 3. The van der Waals surface area contributed by atoms with Crippen LogP contribution in [0.2, 0.25) is 0 Å². The van der Waals surface area contributed by atoms with E-state index in [9.17, 15) is 18.0 Å². The summed E-state index contributed by atoms with van der Waals surface area (Å²) < 4.78 is 43.4. The van der Waals surface area contributed by atoms with Gasteiger partial charge in [-0.1, -0.05) is 13.0 Å². The maximum absolute atomic E-state index is 13.9. The molecule has 0 saturated carbocycles. The molecule has 0 atom stereocenters. The number of nitrogens with one attached hydrogen (secondary N) is 2. The monoisotopic (exact) mass is 567 g/mol. The number of piperazine rings is 1. The first kappa shape index (κ1) is 28.3. The molecule has 216 valence electrons. The lowest BCUT2D eigenvalue weighted by molar-refractivity contribution is -0.138. The van der Waals surface area contributed by atoms with Gasteiger partial charge in [0.1, 0.15) is 0 Å². The van der Waals surface area contributed by atoms with Crippen molar-refractivity contribution in [1.82, 2.24) is 29.5 Å². The van der Waals surface area contributed by atoms with Crippen LogP contribution in [-0.2, 0) is 26.2 Å². The Kier molecular flexibility index (Phi) is 7.82. The number of anilines is 3. The van der Waals surface area contributed by atoms with Crippen LogP contribution in [0.15, 0.2) is 42.6 Å². The Morgan fingerprint density at radius 1 is 1.02 bits per heavy atom. The van der Waals surface area contributed by atoms with E-state index in [1.807, 2.05) is 31.0 Å². The number of nitrogens with two attached hydrogens (primary N) is 1. The number of benzene rings is 2. The second kappa shape index (κ2) is 11.3. The molecule has 1 saturated heterocycles. The van der Waals surface area contributed by atoms with Crippen molar-refractivity contribution in [3.63, 3.8) is 0 Å². The van der Waals surface area contributed by atoms with Crippen LogP contribution < -0.4 is 16.4 Å². The van der Waals surface area contributed by atoms with E-state index in [2.05, 4.69) is 30.6 Å². The molecule has 41 heavy (non-hydrogen) atoms. The van der Waals surface area contributed by atoms with E-state index in [4.69, 9.17) is 5.73 Å². The summed E-state index contributed by atoms with van der Waals surface area (Å²) in [5.74, 6) is 0.444. The van der Waals surface area contributed by atoms with Crippen molar-refractivity contribution in [3.05, 3.63) is 59.3 Å². The Morgan fingerprint density at radius 2 is 1.78 bits per heavy atom. The van der Waals surface area contributed by atoms with E-state index in [0.29, 0.717) is 13.1 Å². The first-order valence-electron chi connectivity index (χ1n) is 13.3. The van der Waals surface area contributed by atoms with Crippen molar-refractivity contribution in [2.45, 2.75) is 26.1 Å². The van der Waals surface area contributed by atoms with E-state index in [0.717, 1.165) is 53.3 Å². The fraction of sp³-hybridized carbons (Fsp3) is 0.357. The van der Waals surface area contributed by atoms with Gasteiger partial charge in [0.25, 0.3) is 0 Å². The van der Waals surface area contributed by atoms with Gasteiger partial charge in [-0.05, 0) is 48.9 Å². The lowest BCUT2D eigenvalue weighted by Crippen LogP contribution is -2.44. The second-order valence-corrected chi connectivity index (χ2v) is 10.2. The number of urea groups is 1. The number of carbonyl (C=O) groups is 1. The highest BCUT2D eigenvalue weighted by Gasteiger charge is 2.34. The number of likely N-dealkylation sites (N-methyl/N-ethyl adjacent to an activating group) is 1. The van der Waals surface area contributed by atoms with E-state index in [-0.39, 0.29) is 29.6 Å². The van der Waals surface area contributed by atoms with Gasteiger partial charge in [0, 0.05) is 68.7 Å². The quantitative estimate of drug-likeness (QED) is 0.312. The molecule has 1 aliphatic heterocycles. The third-order valence-electron chi connectivity index (χ3n) is 7.24. The Balaban J connectivity index is 1.32. The lowest BCUT2D eigenvalue weighted by atomic mass is 10.0. The average molecular weight is 568 g/mol. The van der Waals surface area contributed by atoms with Gasteiger partial charge in [-0.25, -0.2) is 14.8 Å². The smallest absolute Gasteiger partial charge is 0.368 e. The van der Waals surface area contributed by atoms with E-state index in [1.54, 1.807) is 24.0 Å². The van der Waals surface area contributed by atoms with Gasteiger partial charge >= 0.3 is 12.2 Å². The highest BCUT2D eigenvalue weighted by Crippen LogP contribution is 2.35. The summed E-state index contributed by atoms with van der Waals surface area (Å²) in [5.41, 5.74) is 8.54. The van der Waals surface area contributed by atoms with Gasteiger partial charge in [-0.2, -0.15) is 18.3 Å². The third kappa shape index (κ3) is 6.41. The zero-order valence-electron chi connectivity index (χ0n) is 23.1. The van der Waals surface area contributed by atoms with Crippen molar-refractivity contribution in [3.8, 4) is 11.3 Å².